The molecule has 0 N–H and O–H groups in total. The summed E-state index contributed by atoms with van der Waals surface area (Å²) in [6.07, 6.45) is 0. The first-order valence-electron chi connectivity index (χ1n) is 23.0. The molecule has 302 valence electrons. The highest BCUT2D eigenvalue weighted by atomic mass is 15.2. The van der Waals surface area contributed by atoms with Gasteiger partial charge in [-0.15, -0.1) is 0 Å². The summed E-state index contributed by atoms with van der Waals surface area (Å²) in [5.41, 5.74) is 27.9. The fourth-order valence-electron chi connectivity index (χ4n) is 13.3. The normalized spacial score (nSPS) is 16.1. The molecule has 5 aliphatic rings. The number of benzene rings is 8. The van der Waals surface area contributed by atoms with Gasteiger partial charge in [-0.2, -0.15) is 0 Å². The topological polar surface area (TPSA) is 8.17 Å². The average molecular weight is 809 g/mol. The fourth-order valence-corrected chi connectivity index (χ4v) is 13.3. The lowest BCUT2D eigenvalue weighted by molar-refractivity contribution is 0.590. The first-order valence-corrected chi connectivity index (χ1v) is 23.0. The summed E-state index contributed by atoms with van der Waals surface area (Å²) in [7, 11) is 0. The van der Waals surface area contributed by atoms with Crippen LogP contribution in [0.25, 0.3) is 55.2 Å². The minimum Gasteiger partial charge on any atom is -0.375 e. The molecule has 2 nitrogen and oxygen atoms in total. The van der Waals surface area contributed by atoms with Crippen molar-refractivity contribution in [2.45, 2.75) is 77.0 Å². The molecule has 3 aliphatic heterocycles. The summed E-state index contributed by atoms with van der Waals surface area (Å²) in [6, 6.07) is 59.5. The molecule has 1 spiro atoms. The average Bonchev–Trinajstić information content (AvgIpc) is 3.85. The molecule has 0 saturated heterocycles. The van der Waals surface area contributed by atoms with Crippen molar-refractivity contribution >= 4 is 56.6 Å². The Morgan fingerprint density at radius 3 is 1.75 bits per heavy atom. The zero-order chi connectivity index (χ0) is 42.7. The highest BCUT2D eigenvalue weighted by molar-refractivity contribution is 6.90. The third-order valence-corrected chi connectivity index (χ3v) is 16.0. The Hall–Kier alpha value is -6.58. The second-order valence-corrected chi connectivity index (χ2v) is 21.6. The zero-order valence-corrected chi connectivity index (χ0v) is 37.4. The minimum atomic E-state index is -0.485. The molecule has 0 fully saturated rings. The van der Waals surface area contributed by atoms with Crippen molar-refractivity contribution in [1.29, 1.82) is 0 Å². The number of aromatic nitrogens is 1. The smallest absolute Gasteiger partial charge is 0.333 e. The lowest BCUT2D eigenvalue weighted by Crippen LogP contribution is -2.58. The second-order valence-electron chi connectivity index (χ2n) is 21.6. The van der Waals surface area contributed by atoms with Crippen LogP contribution < -0.4 is 15.8 Å². The largest absolute Gasteiger partial charge is 0.375 e. The van der Waals surface area contributed by atoms with E-state index in [4.69, 9.17) is 0 Å². The first-order chi connectivity index (χ1) is 30.3. The van der Waals surface area contributed by atoms with E-state index in [9.17, 15) is 0 Å². The molecule has 0 unspecified atom stereocenters. The van der Waals surface area contributed by atoms with E-state index in [2.05, 4.69) is 216 Å². The molecule has 0 atom stereocenters. The predicted molar refractivity (Wildman–Crippen MR) is 266 cm³/mol. The molecule has 0 amide bonds. The molecule has 4 heterocycles. The molecule has 1 aromatic heterocycles. The van der Waals surface area contributed by atoms with E-state index in [-0.39, 0.29) is 23.1 Å². The van der Waals surface area contributed by atoms with Gasteiger partial charge >= 0.3 is 6.85 Å². The lowest BCUT2D eigenvalue weighted by atomic mass is 9.43. The van der Waals surface area contributed by atoms with Crippen molar-refractivity contribution < 1.29 is 0 Å². The van der Waals surface area contributed by atoms with Gasteiger partial charge < -0.3 is 9.38 Å². The number of fused-ring (bicyclic) bond motifs is 20. The summed E-state index contributed by atoms with van der Waals surface area (Å²) < 4.78 is 2.78. The van der Waals surface area contributed by atoms with Crippen LogP contribution in [-0.2, 0) is 21.7 Å². The van der Waals surface area contributed by atoms with Gasteiger partial charge in [-0.3, -0.25) is 0 Å². The zero-order valence-electron chi connectivity index (χ0n) is 37.4. The van der Waals surface area contributed by atoms with Gasteiger partial charge in [0.25, 0.3) is 0 Å². The molecular formula is C60H49BN2. The van der Waals surface area contributed by atoms with Crippen LogP contribution in [0.2, 0.25) is 0 Å². The summed E-state index contributed by atoms with van der Waals surface area (Å²) in [4.78, 5) is 2.71. The summed E-state index contributed by atoms with van der Waals surface area (Å²) in [5, 5.41) is 2.72. The minimum absolute atomic E-state index is 0.0133. The highest BCUT2D eigenvalue weighted by Crippen LogP contribution is 2.65. The summed E-state index contributed by atoms with van der Waals surface area (Å²) in [5.74, 6) is 0. The predicted octanol–water partition coefficient (Wildman–Crippen LogP) is 13.8. The van der Waals surface area contributed by atoms with Crippen molar-refractivity contribution in [2.75, 3.05) is 4.90 Å². The first kappa shape index (κ1) is 36.0. The third kappa shape index (κ3) is 4.10. The molecule has 3 heteroatoms. The Morgan fingerprint density at radius 2 is 1.06 bits per heavy atom. The van der Waals surface area contributed by atoms with Crippen molar-refractivity contribution in [3.05, 3.63) is 196 Å². The summed E-state index contributed by atoms with van der Waals surface area (Å²) in [6.45, 7) is 19.1. The van der Waals surface area contributed by atoms with E-state index < -0.39 is 5.41 Å². The van der Waals surface area contributed by atoms with Crippen molar-refractivity contribution in [2.24, 2.45) is 0 Å². The standard InChI is InChI=1S/C60H49BN2/c1-57(2,3)34-28-29-49-39(30-34)41-31-35(58(4,5)6)32-42-52-53-40(38-20-9-12-21-43(38)59(53,7)8)33-51-54(52)61(63(49)55(41)42)48-26-17-25-47-56(48)62(51)50-27-16-15-24-46(50)60(47)44-22-13-10-18-36(44)37-19-11-14-23-45(37)60/h9-33H,1-8H3. The molecule has 0 saturated carbocycles. The van der Waals surface area contributed by atoms with Crippen LogP contribution in [0.5, 0.6) is 0 Å². The number of nitrogens with zero attached hydrogens (tertiary/aromatic N) is 2. The fraction of sp³-hybridized carbons (Fsp3) is 0.200. The van der Waals surface area contributed by atoms with Crippen LogP contribution in [0.15, 0.2) is 152 Å². The SMILES string of the molecule is CC(C)(C)c1ccc2c(c1)c1cc(C(C)(C)C)cc3c1n2B1c2cccc4c2N(c2ccccc2C42c4ccccc4-c4ccccc42)c2cc4c(c-3c21)C(C)(C)c1ccccc1-4. The van der Waals surface area contributed by atoms with Crippen LogP contribution in [0, 0.1) is 0 Å². The number of para-hydroxylation sites is 2. The molecular weight excluding hydrogens is 759 g/mol. The maximum atomic E-state index is 2.78. The Labute approximate surface area is 371 Å². The molecule has 63 heavy (non-hydrogen) atoms. The van der Waals surface area contributed by atoms with Gasteiger partial charge in [-0.25, -0.2) is 0 Å². The Kier molecular flexibility index (Phi) is 6.46. The van der Waals surface area contributed by atoms with Gasteiger partial charge in [-0.05, 0) is 130 Å². The van der Waals surface area contributed by atoms with Crippen molar-refractivity contribution in [3.63, 3.8) is 0 Å². The van der Waals surface area contributed by atoms with Gasteiger partial charge in [0.05, 0.1) is 11.1 Å². The molecule has 9 aromatic rings. The Bertz CT molecular complexity index is 3540. The molecule has 0 bridgehead atoms. The summed E-state index contributed by atoms with van der Waals surface area (Å²) >= 11 is 0. The van der Waals surface area contributed by atoms with Gasteiger partial charge in [0, 0.05) is 44.2 Å². The number of hydrogen-bond donors (Lipinski definition) is 0. The maximum absolute atomic E-state index is 2.78. The van der Waals surface area contributed by atoms with Crippen molar-refractivity contribution in [1.82, 2.24) is 4.48 Å². The van der Waals surface area contributed by atoms with Crippen molar-refractivity contribution in [3.8, 4) is 33.4 Å². The van der Waals surface area contributed by atoms with E-state index in [1.165, 1.54) is 128 Å². The van der Waals surface area contributed by atoms with Crippen LogP contribution in [0.1, 0.15) is 99.9 Å². The quantitative estimate of drug-likeness (QED) is 0.139. The van der Waals surface area contributed by atoms with Crippen LogP contribution in [0.4, 0.5) is 17.1 Å². The van der Waals surface area contributed by atoms with Crippen LogP contribution in [-0.4, -0.2) is 11.3 Å². The third-order valence-electron chi connectivity index (χ3n) is 16.0. The maximum Gasteiger partial charge on any atom is 0.333 e. The van der Waals surface area contributed by atoms with Gasteiger partial charge in [0.1, 0.15) is 0 Å². The van der Waals surface area contributed by atoms with E-state index in [0.717, 1.165) is 0 Å². The van der Waals surface area contributed by atoms with E-state index >= 15 is 0 Å². The van der Waals surface area contributed by atoms with E-state index in [0.29, 0.717) is 0 Å². The second kappa shape index (κ2) is 11.3. The van der Waals surface area contributed by atoms with E-state index in [1.54, 1.807) is 0 Å². The number of hydrogen-bond acceptors (Lipinski definition) is 1. The molecule has 0 radical (unpaired) electrons. The number of anilines is 3. The molecule has 8 aromatic carbocycles. The monoisotopic (exact) mass is 808 g/mol. The molecule has 2 aliphatic carbocycles. The Morgan fingerprint density at radius 1 is 0.476 bits per heavy atom. The number of rotatable bonds is 0. The van der Waals surface area contributed by atoms with Crippen LogP contribution in [0.3, 0.4) is 0 Å². The lowest BCUT2D eigenvalue weighted by Gasteiger charge is -2.50. The van der Waals surface area contributed by atoms with E-state index in [1.807, 2.05) is 0 Å². The van der Waals surface area contributed by atoms with Crippen LogP contribution >= 0.6 is 0 Å². The Balaban J connectivity index is 1.21. The van der Waals surface area contributed by atoms with Gasteiger partial charge in [-0.1, -0.05) is 171 Å². The highest BCUT2D eigenvalue weighted by Gasteiger charge is 2.56. The van der Waals surface area contributed by atoms with Gasteiger partial charge in [0.15, 0.2) is 0 Å². The van der Waals surface area contributed by atoms with Gasteiger partial charge in [0.2, 0.25) is 0 Å². The molecule has 14 rings (SSSR count).